The van der Waals surface area contributed by atoms with Crippen LogP contribution < -0.4 is 4.72 Å². The minimum Gasteiger partial charge on any atom is -0.338 e. The number of halogens is 1. The van der Waals surface area contributed by atoms with Gasteiger partial charge in [0.05, 0.1) is 4.90 Å². The van der Waals surface area contributed by atoms with Crippen molar-refractivity contribution < 1.29 is 17.6 Å². The van der Waals surface area contributed by atoms with Gasteiger partial charge in [-0.05, 0) is 44.9 Å². The van der Waals surface area contributed by atoms with Gasteiger partial charge in [0.15, 0.2) is 0 Å². The van der Waals surface area contributed by atoms with E-state index in [2.05, 4.69) is 4.72 Å². The highest BCUT2D eigenvalue weighted by molar-refractivity contribution is 7.89. The number of likely N-dealkylation sites (tertiary alicyclic amines) is 1. The number of allylic oxidation sites excluding steroid dienone is 1. The standard InChI is InChI=1S/C16H21FN2O3S/c1-12(2)9-16(20)19-8-4-6-14(11-19)18-23(21,22)15-7-3-5-13(17)10-15/h3,5,7,9-10,14,18H,4,6,8,11H2,1-2H3/t14-/m1/s1. The van der Waals surface area contributed by atoms with Gasteiger partial charge in [-0.1, -0.05) is 11.6 Å². The number of sulfonamides is 1. The summed E-state index contributed by atoms with van der Waals surface area (Å²) in [5.41, 5.74) is 0.900. The van der Waals surface area contributed by atoms with E-state index in [1.54, 1.807) is 11.0 Å². The van der Waals surface area contributed by atoms with Gasteiger partial charge in [-0.25, -0.2) is 17.5 Å². The lowest BCUT2D eigenvalue weighted by atomic mass is 10.1. The van der Waals surface area contributed by atoms with E-state index in [1.165, 1.54) is 18.2 Å². The van der Waals surface area contributed by atoms with Crippen LogP contribution in [0.3, 0.4) is 0 Å². The Labute approximate surface area is 136 Å². The molecule has 0 radical (unpaired) electrons. The molecule has 0 spiro atoms. The van der Waals surface area contributed by atoms with Crippen molar-refractivity contribution in [2.24, 2.45) is 0 Å². The summed E-state index contributed by atoms with van der Waals surface area (Å²) in [6.45, 7) is 4.61. The SMILES string of the molecule is CC(C)=CC(=O)N1CCC[C@@H](NS(=O)(=O)c2cccc(F)c2)C1. The highest BCUT2D eigenvalue weighted by atomic mass is 32.2. The van der Waals surface area contributed by atoms with E-state index < -0.39 is 15.8 Å². The topological polar surface area (TPSA) is 66.5 Å². The molecule has 1 fully saturated rings. The van der Waals surface area contributed by atoms with Gasteiger partial charge < -0.3 is 4.90 Å². The molecule has 1 aromatic rings. The number of carbonyl (C=O) groups is 1. The number of carbonyl (C=O) groups excluding carboxylic acids is 1. The summed E-state index contributed by atoms with van der Waals surface area (Å²) in [5.74, 6) is -0.712. The number of piperidine rings is 1. The third kappa shape index (κ3) is 4.87. The van der Waals surface area contributed by atoms with Gasteiger partial charge in [0, 0.05) is 25.2 Å². The van der Waals surface area contributed by atoms with Gasteiger partial charge >= 0.3 is 0 Å². The maximum atomic E-state index is 13.2. The van der Waals surface area contributed by atoms with Crippen molar-refractivity contribution in [1.82, 2.24) is 9.62 Å². The van der Waals surface area contributed by atoms with E-state index in [1.807, 2.05) is 13.8 Å². The van der Waals surface area contributed by atoms with Crippen LogP contribution in [0.4, 0.5) is 4.39 Å². The third-order valence-electron chi connectivity index (χ3n) is 3.57. The quantitative estimate of drug-likeness (QED) is 0.853. The van der Waals surface area contributed by atoms with Crippen LogP contribution in [-0.4, -0.2) is 38.4 Å². The fourth-order valence-electron chi connectivity index (χ4n) is 2.53. The fourth-order valence-corrected chi connectivity index (χ4v) is 3.83. The monoisotopic (exact) mass is 340 g/mol. The molecule has 1 heterocycles. The lowest BCUT2D eigenvalue weighted by Crippen LogP contribution is -2.49. The number of nitrogens with one attached hydrogen (secondary N) is 1. The molecule has 126 valence electrons. The Balaban J connectivity index is 2.08. The molecule has 1 aliphatic rings. The molecule has 1 N–H and O–H groups in total. The van der Waals surface area contributed by atoms with Crippen LogP contribution in [0.2, 0.25) is 0 Å². The van der Waals surface area contributed by atoms with Crippen LogP contribution in [-0.2, 0) is 14.8 Å². The summed E-state index contributed by atoms with van der Waals surface area (Å²) < 4.78 is 40.4. The van der Waals surface area contributed by atoms with Gasteiger partial charge in [-0.2, -0.15) is 0 Å². The molecule has 7 heteroatoms. The number of hydrogen-bond donors (Lipinski definition) is 1. The molecular formula is C16H21FN2O3S. The summed E-state index contributed by atoms with van der Waals surface area (Å²) in [7, 11) is -3.80. The number of rotatable bonds is 4. The normalized spacial score (nSPS) is 18.6. The number of amides is 1. The fraction of sp³-hybridized carbons (Fsp3) is 0.438. The van der Waals surface area contributed by atoms with Crippen molar-refractivity contribution in [1.29, 1.82) is 0 Å². The summed E-state index contributed by atoms with van der Waals surface area (Å²) in [6, 6.07) is 4.51. The smallest absolute Gasteiger partial charge is 0.246 e. The maximum Gasteiger partial charge on any atom is 0.246 e. The van der Waals surface area contributed by atoms with Crippen molar-refractivity contribution in [3.05, 3.63) is 41.7 Å². The molecule has 0 aliphatic carbocycles. The lowest BCUT2D eigenvalue weighted by Gasteiger charge is -2.32. The zero-order valence-corrected chi connectivity index (χ0v) is 14.1. The van der Waals surface area contributed by atoms with E-state index in [4.69, 9.17) is 0 Å². The molecule has 0 unspecified atom stereocenters. The van der Waals surface area contributed by atoms with Crippen molar-refractivity contribution >= 4 is 15.9 Å². The predicted octanol–water partition coefficient (Wildman–Crippen LogP) is 2.06. The van der Waals surface area contributed by atoms with Crippen LogP contribution >= 0.6 is 0 Å². The Morgan fingerprint density at radius 1 is 1.39 bits per heavy atom. The average molecular weight is 340 g/mol. The van der Waals surface area contributed by atoms with E-state index in [0.29, 0.717) is 19.5 Å². The highest BCUT2D eigenvalue weighted by Gasteiger charge is 2.27. The lowest BCUT2D eigenvalue weighted by molar-refractivity contribution is -0.127. The van der Waals surface area contributed by atoms with E-state index in [0.717, 1.165) is 18.1 Å². The zero-order chi connectivity index (χ0) is 17.0. The van der Waals surface area contributed by atoms with Crippen molar-refractivity contribution in [3.8, 4) is 0 Å². The first kappa shape index (κ1) is 17.6. The van der Waals surface area contributed by atoms with E-state index in [-0.39, 0.29) is 16.8 Å². The molecule has 1 aliphatic heterocycles. The number of nitrogens with zero attached hydrogens (tertiary/aromatic N) is 1. The largest absolute Gasteiger partial charge is 0.338 e. The van der Waals surface area contributed by atoms with Gasteiger partial charge in [0.2, 0.25) is 15.9 Å². The van der Waals surface area contributed by atoms with Crippen molar-refractivity contribution in [3.63, 3.8) is 0 Å². The first-order chi connectivity index (χ1) is 10.8. The van der Waals surface area contributed by atoms with Gasteiger partial charge in [0.1, 0.15) is 5.82 Å². The third-order valence-corrected chi connectivity index (χ3v) is 5.09. The summed E-state index contributed by atoms with van der Waals surface area (Å²) >= 11 is 0. The molecule has 1 atom stereocenters. The van der Waals surface area contributed by atoms with Crippen molar-refractivity contribution in [2.75, 3.05) is 13.1 Å². The minimum atomic E-state index is -3.80. The molecule has 1 aromatic carbocycles. The second kappa shape index (κ2) is 7.23. The molecule has 5 nitrogen and oxygen atoms in total. The van der Waals surface area contributed by atoms with Gasteiger partial charge in [-0.15, -0.1) is 0 Å². The van der Waals surface area contributed by atoms with Crippen LogP contribution in [0.15, 0.2) is 40.8 Å². The van der Waals surface area contributed by atoms with Gasteiger partial charge in [0.25, 0.3) is 0 Å². The summed E-state index contributed by atoms with van der Waals surface area (Å²) in [5, 5.41) is 0. The molecule has 0 saturated carbocycles. The highest BCUT2D eigenvalue weighted by Crippen LogP contribution is 2.16. The molecule has 2 rings (SSSR count). The predicted molar refractivity (Wildman–Crippen MR) is 85.8 cm³/mol. The molecule has 23 heavy (non-hydrogen) atoms. The first-order valence-electron chi connectivity index (χ1n) is 7.49. The van der Waals surface area contributed by atoms with Crippen LogP contribution in [0.5, 0.6) is 0 Å². The Kier molecular flexibility index (Phi) is 5.54. The molecule has 1 amide bonds. The zero-order valence-electron chi connectivity index (χ0n) is 13.3. The molecule has 1 saturated heterocycles. The Morgan fingerprint density at radius 2 is 2.13 bits per heavy atom. The Bertz CT molecular complexity index is 712. The summed E-state index contributed by atoms with van der Waals surface area (Å²) in [6.07, 6.45) is 2.91. The first-order valence-corrected chi connectivity index (χ1v) is 8.98. The van der Waals surface area contributed by atoms with Crippen LogP contribution in [0, 0.1) is 5.82 Å². The minimum absolute atomic E-state index is 0.106. The van der Waals surface area contributed by atoms with E-state index >= 15 is 0 Å². The van der Waals surface area contributed by atoms with Crippen LogP contribution in [0.25, 0.3) is 0 Å². The number of benzene rings is 1. The number of hydrogen-bond acceptors (Lipinski definition) is 3. The maximum absolute atomic E-state index is 13.2. The van der Waals surface area contributed by atoms with Crippen molar-refractivity contribution in [2.45, 2.75) is 37.6 Å². The van der Waals surface area contributed by atoms with Crippen LogP contribution in [0.1, 0.15) is 26.7 Å². The molecular weight excluding hydrogens is 319 g/mol. The Hall–Kier alpha value is -1.73. The molecule has 0 aromatic heterocycles. The van der Waals surface area contributed by atoms with E-state index in [9.17, 15) is 17.6 Å². The average Bonchev–Trinajstić information content (AvgIpc) is 2.46. The summed E-state index contributed by atoms with van der Waals surface area (Å²) in [4.78, 5) is 13.6. The second-order valence-corrected chi connectivity index (χ2v) is 7.64. The second-order valence-electron chi connectivity index (χ2n) is 5.92. The molecule has 0 bridgehead atoms. The van der Waals surface area contributed by atoms with Gasteiger partial charge in [-0.3, -0.25) is 4.79 Å². The Morgan fingerprint density at radius 3 is 2.78 bits per heavy atom.